The summed E-state index contributed by atoms with van der Waals surface area (Å²) in [5.74, 6) is 0.774. The molecule has 0 saturated heterocycles. The molecule has 0 fully saturated rings. The number of aryl methyl sites for hydroxylation is 1. The smallest absolute Gasteiger partial charge is 0.219 e. The van der Waals surface area contributed by atoms with Gasteiger partial charge in [0.1, 0.15) is 0 Å². The number of hydrogen-bond donors (Lipinski definition) is 0. The van der Waals surface area contributed by atoms with Crippen molar-refractivity contribution < 1.29 is 8.42 Å². The molecule has 0 N–H and O–H groups in total. The molecule has 5 rings (SSSR count). The van der Waals surface area contributed by atoms with Crippen molar-refractivity contribution in [2.24, 2.45) is 15.0 Å². The van der Waals surface area contributed by atoms with Gasteiger partial charge in [-0.2, -0.15) is 0 Å². The third-order valence-corrected chi connectivity index (χ3v) is 9.58. The van der Waals surface area contributed by atoms with Crippen molar-refractivity contribution >= 4 is 44.9 Å². The van der Waals surface area contributed by atoms with Crippen LogP contribution in [-0.2, 0) is 16.4 Å². The summed E-state index contributed by atoms with van der Waals surface area (Å²) >= 11 is 1.09. The van der Waals surface area contributed by atoms with Crippen molar-refractivity contribution in [1.29, 1.82) is 0 Å². The first-order valence-corrected chi connectivity index (χ1v) is 15.6. The number of amidine groups is 1. The van der Waals surface area contributed by atoms with E-state index in [2.05, 4.69) is 0 Å². The molecule has 212 valence electrons. The van der Waals surface area contributed by atoms with Crippen LogP contribution in [0.15, 0.2) is 139 Å². The molecule has 42 heavy (non-hydrogen) atoms. The van der Waals surface area contributed by atoms with E-state index >= 15 is 0 Å². The predicted octanol–water partition coefficient (Wildman–Crippen LogP) is 6.64. The minimum absolute atomic E-state index is 0.117. The zero-order valence-corrected chi connectivity index (χ0v) is 25.3. The first-order valence-electron chi connectivity index (χ1n) is 13.3. The number of aromatic nitrogens is 1. The van der Waals surface area contributed by atoms with Gasteiger partial charge in [-0.05, 0) is 36.8 Å². The second kappa shape index (κ2) is 12.9. The van der Waals surface area contributed by atoms with Crippen LogP contribution in [0, 0.1) is 6.92 Å². The molecular formula is C33H31N5O2S2. The third-order valence-electron chi connectivity index (χ3n) is 6.25. The number of para-hydroxylation sites is 1. The molecule has 0 amide bonds. The van der Waals surface area contributed by atoms with Gasteiger partial charge in [0.05, 0.1) is 23.5 Å². The standard InChI is InChI=1S/C33H31N5O2S2/c1-25-19-21-29(22-20-25)42(39,40)32-31(34-24-37(2)3)38(23-26-13-7-4-8-14-26)33(41-32)36-30(27-15-9-5-10-16-27)35-28-17-11-6-12-18-28/h4-22,24H,23H2,1-3H3. The number of hydrogen-bond acceptors (Lipinski definition) is 5. The molecule has 0 radical (unpaired) electrons. The van der Waals surface area contributed by atoms with Crippen molar-refractivity contribution in [2.75, 3.05) is 14.1 Å². The summed E-state index contributed by atoms with van der Waals surface area (Å²) in [5.41, 5.74) is 3.51. The Morgan fingerprint density at radius 3 is 2.05 bits per heavy atom. The fraction of sp³-hybridized carbons (Fsp3) is 0.121. The fourth-order valence-corrected chi connectivity index (χ4v) is 7.00. The van der Waals surface area contributed by atoms with Crippen LogP contribution in [-0.4, -0.2) is 44.2 Å². The molecule has 7 nitrogen and oxygen atoms in total. The first kappa shape index (κ1) is 28.9. The lowest BCUT2D eigenvalue weighted by Gasteiger charge is -2.10. The van der Waals surface area contributed by atoms with Gasteiger partial charge < -0.3 is 4.90 Å². The number of nitrogens with zero attached hydrogens (tertiary/aromatic N) is 5. The van der Waals surface area contributed by atoms with Crippen LogP contribution >= 0.6 is 11.3 Å². The molecular weight excluding hydrogens is 563 g/mol. The maximum atomic E-state index is 14.1. The molecule has 4 aromatic carbocycles. The molecule has 0 aliphatic carbocycles. The van der Waals surface area contributed by atoms with Crippen LogP contribution in [0.25, 0.3) is 0 Å². The van der Waals surface area contributed by atoms with E-state index in [1.165, 1.54) is 0 Å². The summed E-state index contributed by atoms with van der Waals surface area (Å²) in [7, 11) is -0.234. The number of thiazole rings is 1. The zero-order valence-electron chi connectivity index (χ0n) is 23.6. The highest BCUT2D eigenvalue weighted by atomic mass is 32.2. The second-order valence-corrected chi connectivity index (χ2v) is 13.0. The molecule has 0 bridgehead atoms. The van der Waals surface area contributed by atoms with E-state index in [0.717, 1.165) is 33.7 Å². The summed E-state index contributed by atoms with van der Waals surface area (Å²) in [5, 5.41) is 0. The first-order chi connectivity index (χ1) is 20.3. The topological polar surface area (TPSA) is 79.4 Å². The van der Waals surface area contributed by atoms with Crippen molar-refractivity contribution in [3.8, 4) is 0 Å². The molecule has 0 aliphatic rings. The van der Waals surface area contributed by atoms with Crippen molar-refractivity contribution in [3.63, 3.8) is 0 Å². The quantitative estimate of drug-likeness (QED) is 0.149. The highest BCUT2D eigenvalue weighted by Crippen LogP contribution is 2.33. The lowest BCUT2D eigenvalue weighted by Crippen LogP contribution is -2.18. The minimum atomic E-state index is -3.92. The molecule has 0 atom stereocenters. The molecule has 0 saturated carbocycles. The van der Waals surface area contributed by atoms with Crippen molar-refractivity contribution in [2.45, 2.75) is 22.6 Å². The maximum Gasteiger partial charge on any atom is 0.219 e. The van der Waals surface area contributed by atoms with E-state index in [0.29, 0.717) is 23.0 Å². The van der Waals surface area contributed by atoms with Gasteiger partial charge in [-0.1, -0.05) is 108 Å². The largest absolute Gasteiger partial charge is 0.369 e. The van der Waals surface area contributed by atoms with Crippen LogP contribution in [0.3, 0.4) is 0 Å². The molecule has 1 aromatic heterocycles. The highest BCUT2D eigenvalue weighted by Gasteiger charge is 2.27. The Labute approximate surface area is 250 Å². The van der Waals surface area contributed by atoms with E-state index in [1.807, 2.05) is 117 Å². The van der Waals surface area contributed by atoms with Crippen LogP contribution in [0.1, 0.15) is 16.7 Å². The Bertz CT molecular complexity index is 1880. The van der Waals surface area contributed by atoms with Gasteiger partial charge in [-0.15, -0.1) is 0 Å². The Morgan fingerprint density at radius 2 is 1.43 bits per heavy atom. The summed E-state index contributed by atoms with van der Waals surface area (Å²) < 4.78 is 30.2. The lowest BCUT2D eigenvalue weighted by atomic mass is 10.2. The normalized spacial score (nSPS) is 12.6. The molecule has 0 unspecified atom stereocenters. The Kier molecular flexibility index (Phi) is 8.90. The van der Waals surface area contributed by atoms with Gasteiger partial charge in [-0.3, -0.25) is 4.57 Å². The zero-order chi connectivity index (χ0) is 29.5. The SMILES string of the molecule is Cc1ccc(S(=O)(=O)c2sc(=NC(=Nc3ccccc3)c3ccccc3)n(Cc3ccccc3)c2N=CN(C)C)cc1. The van der Waals surface area contributed by atoms with Crippen LogP contribution in [0.2, 0.25) is 0 Å². The molecule has 5 aromatic rings. The van der Waals surface area contributed by atoms with Gasteiger partial charge in [0.2, 0.25) is 9.84 Å². The monoisotopic (exact) mass is 593 g/mol. The van der Waals surface area contributed by atoms with Crippen LogP contribution in [0.5, 0.6) is 0 Å². The van der Waals surface area contributed by atoms with Crippen molar-refractivity contribution in [1.82, 2.24) is 9.47 Å². The average molecular weight is 594 g/mol. The van der Waals surface area contributed by atoms with E-state index in [-0.39, 0.29) is 9.10 Å². The van der Waals surface area contributed by atoms with Gasteiger partial charge in [-0.25, -0.2) is 23.4 Å². The van der Waals surface area contributed by atoms with Gasteiger partial charge in [0.25, 0.3) is 0 Å². The Morgan fingerprint density at radius 1 is 0.833 bits per heavy atom. The molecule has 0 aliphatic heterocycles. The summed E-state index contributed by atoms with van der Waals surface area (Å²) in [6.45, 7) is 2.30. The number of benzene rings is 4. The van der Waals surface area contributed by atoms with E-state index in [9.17, 15) is 8.42 Å². The number of rotatable bonds is 8. The van der Waals surface area contributed by atoms with Crippen LogP contribution < -0.4 is 4.80 Å². The predicted molar refractivity (Wildman–Crippen MR) is 171 cm³/mol. The van der Waals surface area contributed by atoms with Crippen LogP contribution in [0.4, 0.5) is 11.5 Å². The van der Waals surface area contributed by atoms with E-state index < -0.39 is 9.84 Å². The second-order valence-electron chi connectivity index (χ2n) is 9.84. The lowest BCUT2D eigenvalue weighted by molar-refractivity contribution is 0.597. The summed E-state index contributed by atoms with van der Waals surface area (Å²) in [6.07, 6.45) is 1.61. The highest BCUT2D eigenvalue weighted by molar-refractivity contribution is 7.93. The third kappa shape index (κ3) is 6.82. The number of sulfone groups is 1. The molecule has 9 heteroatoms. The summed E-state index contributed by atoms with van der Waals surface area (Å²) in [6, 6.07) is 36.0. The van der Waals surface area contributed by atoms with Gasteiger partial charge >= 0.3 is 0 Å². The maximum absolute atomic E-state index is 14.1. The molecule has 1 heterocycles. The number of aliphatic imine (C=N–C) groups is 2. The fourth-order valence-electron chi connectivity index (χ4n) is 4.12. The molecule has 0 spiro atoms. The Hall–Kier alpha value is -4.60. The van der Waals surface area contributed by atoms with Crippen molar-refractivity contribution in [3.05, 3.63) is 137 Å². The van der Waals surface area contributed by atoms with E-state index in [4.69, 9.17) is 15.0 Å². The average Bonchev–Trinajstić information content (AvgIpc) is 3.34. The van der Waals surface area contributed by atoms with Gasteiger partial charge in [0, 0.05) is 19.7 Å². The minimum Gasteiger partial charge on any atom is -0.369 e. The van der Waals surface area contributed by atoms with E-state index in [1.54, 1.807) is 35.5 Å². The Balaban J connectivity index is 1.81. The van der Waals surface area contributed by atoms with Gasteiger partial charge in [0.15, 0.2) is 20.7 Å². The summed E-state index contributed by atoms with van der Waals surface area (Å²) in [4.78, 5) is 17.0.